The van der Waals surface area contributed by atoms with E-state index in [1.807, 2.05) is 26.0 Å². The molecule has 2 heterocycles. The van der Waals surface area contributed by atoms with Crippen LogP contribution in [0.2, 0.25) is 0 Å². The third kappa shape index (κ3) is 7.53. The predicted octanol–water partition coefficient (Wildman–Crippen LogP) is 5.28. The number of amidine groups is 1. The maximum atomic E-state index is 13.3. The summed E-state index contributed by atoms with van der Waals surface area (Å²) in [5.74, 6) is -2.00. The molecule has 1 saturated carbocycles. The third-order valence-corrected chi connectivity index (χ3v) is 10.7. The lowest BCUT2D eigenvalue weighted by molar-refractivity contribution is -0.183. The number of anilines is 1. The number of nitrogens with one attached hydrogen (secondary N) is 1. The number of carbonyl (C=O) groups is 2. The molecule has 1 aromatic rings. The van der Waals surface area contributed by atoms with Crippen LogP contribution < -0.4 is 10.2 Å². The van der Waals surface area contributed by atoms with Gasteiger partial charge in [-0.1, -0.05) is 6.42 Å². The summed E-state index contributed by atoms with van der Waals surface area (Å²) in [6, 6.07) is 3.67. The van der Waals surface area contributed by atoms with Crippen molar-refractivity contribution in [1.82, 2.24) is 9.62 Å². The SMILES string of the molecule is Cc1cc(N(C)C(=O)OC(C)(C)C)cc(C)c1CCS(=O)(=O)N1CCC2(CC1)N=C(C1CCCC(C(F)(F)F)C1)NC2=O. The van der Waals surface area contributed by atoms with Gasteiger partial charge in [0.25, 0.3) is 5.91 Å². The van der Waals surface area contributed by atoms with Crippen LogP contribution in [0.3, 0.4) is 0 Å². The molecule has 0 aromatic heterocycles. The smallest absolute Gasteiger partial charge is 0.414 e. The van der Waals surface area contributed by atoms with Crippen LogP contribution in [-0.2, 0) is 26.0 Å². The van der Waals surface area contributed by atoms with Crippen molar-refractivity contribution in [3.05, 3.63) is 28.8 Å². The fraction of sp³-hybridized carbons (Fsp3) is 0.700. The van der Waals surface area contributed by atoms with Gasteiger partial charge in [-0.15, -0.1) is 0 Å². The number of rotatable bonds is 6. The van der Waals surface area contributed by atoms with E-state index in [0.717, 1.165) is 16.7 Å². The minimum absolute atomic E-state index is 0.0870. The monoisotopic (exact) mass is 628 g/mol. The first-order valence-electron chi connectivity index (χ1n) is 14.8. The van der Waals surface area contributed by atoms with Gasteiger partial charge < -0.3 is 10.1 Å². The lowest BCUT2D eigenvalue weighted by Crippen LogP contribution is -2.51. The van der Waals surface area contributed by atoms with Gasteiger partial charge in [0.05, 0.1) is 11.7 Å². The van der Waals surface area contributed by atoms with Gasteiger partial charge >= 0.3 is 12.3 Å². The molecule has 1 N–H and O–H groups in total. The number of halogens is 3. The van der Waals surface area contributed by atoms with Crippen LogP contribution in [-0.4, -0.2) is 73.8 Å². The van der Waals surface area contributed by atoms with Crippen molar-refractivity contribution in [3.8, 4) is 0 Å². The summed E-state index contributed by atoms with van der Waals surface area (Å²) < 4.78 is 73.4. The summed E-state index contributed by atoms with van der Waals surface area (Å²) in [6.07, 6.45) is -3.15. The van der Waals surface area contributed by atoms with Crippen molar-refractivity contribution in [2.24, 2.45) is 16.8 Å². The number of piperidine rings is 1. The summed E-state index contributed by atoms with van der Waals surface area (Å²) in [7, 11) is -2.03. The number of alkyl halides is 3. The van der Waals surface area contributed by atoms with E-state index >= 15 is 0 Å². The van der Waals surface area contributed by atoms with Gasteiger partial charge in [0.1, 0.15) is 17.0 Å². The Morgan fingerprint density at radius 2 is 1.74 bits per heavy atom. The van der Waals surface area contributed by atoms with Gasteiger partial charge in [0.15, 0.2) is 0 Å². The number of amides is 2. The molecule has 3 aliphatic rings. The molecular formula is C30H43F3N4O5S. The molecule has 1 aromatic carbocycles. The Bertz CT molecular complexity index is 1360. The first-order chi connectivity index (χ1) is 19.8. The van der Waals surface area contributed by atoms with Crippen molar-refractivity contribution in [2.75, 3.05) is 30.8 Å². The highest BCUT2D eigenvalue weighted by Crippen LogP contribution is 2.42. The minimum Gasteiger partial charge on any atom is -0.443 e. The van der Waals surface area contributed by atoms with E-state index in [2.05, 4.69) is 10.3 Å². The summed E-state index contributed by atoms with van der Waals surface area (Å²) >= 11 is 0. The summed E-state index contributed by atoms with van der Waals surface area (Å²) in [4.78, 5) is 31.5. The highest BCUT2D eigenvalue weighted by Gasteiger charge is 2.50. The number of hydrogen-bond donors (Lipinski definition) is 1. The second-order valence-electron chi connectivity index (χ2n) is 13.1. The molecule has 2 atom stereocenters. The Kier molecular flexibility index (Phi) is 9.29. The number of benzene rings is 1. The van der Waals surface area contributed by atoms with Crippen molar-refractivity contribution in [3.63, 3.8) is 0 Å². The van der Waals surface area contributed by atoms with Crippen LogP contribution in [0.25, 0.3) is 0 Å². The molecule has 2 unspecified atom stereocenters. The Hall–Kier alpha value is -2.67. The van der Waals surface area contributed by atoms with E-state index in [0.29, 0.717) is 24.4 Å². The third-order valence-electron chi connectivity index (χ3n) is 8.81. The van der Waals surface area contributed by atoms with Gasteiger partial charge in [-0.25, -0.2) is 17.5 Å². The van der Waals surface area contributed by atoms with E-state index in [4.69, 9.17) is 4.74 Å². The summed E-state index contributed by atoms with van der Waals surface area (Å²) in [5, 5.41) is 2.74. The molecule has 1 spiro atoms. The van der Waals surface area contributed by atoms with E-state index in [9.17, 15) is 31.2 Å². The number of sulfonamides is 1. The average Bonchev–Trinajstić information content (AvgIpc) is 3.21. The number of aliphatic imine (C=N–C) groups is 1. The molecule has 2 fully saturated rings. The molecule has 240 valence electrons. The Labute approximate surface area is 252 Å². The normalized spacial score (nSPS) is 23.2. The van der Waals surface area contributed by atoms with Crippen LogP contribution in [0.4, 0.5) is 23.7 Å². The van der Waals surface area contributed by atoms with Crippen LogP contribution in [0.5, 0.6) is 0 Å². The Balaban J connectivity index is 1.38. The molecule has 1 saturated heterocycles. The zero-order valence-corrected chi connectivity index (χ0v) is 26.6. The molecule has 0 radical (unpaired) electrons. The maximum absolute atomic E-state index is 13.3. The van der Waals surface area contributed by atoms with E-state index in [-0.39, 0.29) is 56.9 Å². The van der Waals surface area contributed by atoms with E-state index in [1.54, 1.807) is 27.8 Å². The van der Waals surface area contributed by atoms with E-state index in [1.165, 1.54) is 9.21 Å². The van der Waals surface area contributed by atoms with E-state index < -0.39 is 45.3 Å². The number of ether oxygens (including phenoxy) is 1. The molecular weight excluding hydrogens is 585 g/mol. The molecule has 1 aliphatic carbocycles. The predicted molar refractivity (Wildman–Crippen MR) is 159 cm³/mol. The summed E-state index contributed by atoms with van der Waals surface area (Å²) in [6.45, 7) is 9.36. The largest absolute Gasteiger partial charge is 0.443 e. The molecule has 9 nitrogen and oxygen atoms in total. The van der Waals surface area contributed by atoms with Crippen molar-refractivity contribution >= 4 is 33.5 Å². The van der Waals surface area contributed by atoms with Crippen LogP contribution in [0, 0.1) is 25.7 Å². The Morgan fingerprint density at radius 1 is 1.14 bits per heavy atom. The number of nitrogens with zero attached hydrogens (tertiary/aromatic N) is 3. The molecule has 2 aliphatic heterocycles. The lowest BCUT2D eigenvalue weighted by atomic mass is 9.80. The minimum atomic E-state index is -4.27. The molecule has 43 heavy (non-hydrogen) atoms. The quantitative estimate of drug-likeness (QED) is 0.462. The number of aryl methyl sites for hydroxylation is 2. The standard InChI is InChI=1S/C30H43F3N4O5S/c1-19-16-23(36(6)27(39)42-28(3,4)5)17-20(2)24(19)10-15-43(40,41)37-13-11-29(12-14-37)26(38)34-25(35-29)21-8-7-9-22(18-21)30(31,32)33/h16-17,21-22H,7-15,18H2,1-6H3,(H,34,35,38). The topological polar surface area (TPSA) is 108 Å². The lowest BCUT2D eigenvalue weighted by Gasteiger charge is -2.35. The first kappa shape index (κ1) is 33.2. The average molecular weight is 629 g/mol. The van der Waals surface area contributed by atoms with Crippen molar-refractivity contribution < 1.29 is 35.9 Å². The van der Waals surface area contributed by atoms with Crippen LogP contribution in [0.1, 0.15) is 76.0 Å². The molecule has 0 bridgehead atoms. The van der Waals surface area contributed by atoms with Crippen molar-refractivity contribution in [2.45, 2.75) is 96.9 Å². The fourth-order valence-electron chi connectivity index (χ4n) is 6.30. The zero-order chi connectivity index (χ0) is 32.0. The number of carbonyl (C=O) groups excluding carboxylic acids is 2. The highest BCUT2D eigenvalue weighted by atomic mass is 32.2. The van der Waals surface area contributed by atoms with Crippen LogP contribution >= 0.6 is 0 Å². The van der Waals surface area contributed by atoms with Gasteiger partial charge in [-0.2, -0.15) is 13.2 Å². The maximum Gasteiger partial charge on any atom is 0.414 e. The second kappa shape index (κ2) is 12.0. The van der Waals surface area contributed by atoms with Crippen LogP contribution in [0.15, 0.2) is 17.1 Å². The fourth-order valence-corrected chi connectivity index (χ4v) is 7.76. The number of hydrogen-bond acceptors (Lipinski definition) is 6. The molecule has 4 rings (SSSR count). The van der Waals surface area contributed by atoms with Gasteiger partial charge in [0.2, 0.25) is 10.0 Å². The Morgan fingerprint density at radius 3 is 2.30 bits per heavy atom. The summed E-state index contributed by atoms with van der Waals surface area (Å²) in [5.41, 5.74) is 1.48. The molecule has 13 heteroatoms. The van der Waals surface area contributed by atoms with Gasteiger partial charge in [0, 0.05) is 31.7 Å². The van der Waals surface area contributed by atoms with Gasteiger partial charge in [-0.3, -0.25) is 14.7 Å². The van der Waals surface area contributed by atoms with Gasteiger partial charge in [-0.05, 0) is 102 Å². The first-order valence-corrected chi connectivity index (χ1v) is 16.4. The highest BCUT2D eigenvalue weighted by molar-refractivity contribution is 7.89. The zero-order valence-electron chi connectivity index (χ0n) is 25.8. The van der Waals surface area contributed by atoms with Crippen molar-refractivity contribution in [1.29, 1.82) is 0 Å². The molecule has 2 amide bonds. The second-order valence-corrected chi connectivity index (χ2v) is 15.2.